The maximum atomic E-state index is 5.46. The third-order valence-electron chi connectivity index (χ3n) is 8.31. The summed E-state index contributed by atoms with van der Waals surface area (Å²) in [7, 11) is 5.91. The molecule has 3 heteroatoms. The Balaban J connectivity index is 1.68. The number of nitrogens with zero attached hydrogens (tertiary/aromatic N) is 1. The summed E-state index contributed by atoms with van der Waals surface area (Å²) in [6, 6.07) is 24.9. The Bertz CT molecular complexity index is 1110. The molecule has 0 unspecified atom stereocenters. The first kappa shape index (κ1) is 25.3. The SMILES string of the molecule is COc1ccc(-c2cccc(N(C)C)c2-c2ccccc2P(C2CCCCC2)C2CCCCC2)cc1. The van der Waals surface area contributed by atoms with Gasteiger partial charge in [-0.05, 0) is 77.2 Å². The van der Waals surface area contributed by atoms with E-state index in [9.17, 15) is 0 Å². The highest BCUT2D eigenvalue weighted by Gasteiger charge is 2.34. The predicted molar refractivity (Wildman–Crippen MR) is 158 cm³/mol. The van der Waals surface area contributed by atoms with E-state index in [0.717, 1.165) is 17.1 Å². The van der Waals surface area contributed by atoms with E-state index < -0.39 is 0 Å². The molecule has 0 aliphatic heterocycles. The monoisotopic (exact) mass is 499 g/mol. The summed E-state index contributed by atoms with van der Waals surface area (Å²) in [5, 5.41) is 1.66. The molecule has 2 aliphatic rings. The van der Waals surface area contributed by atoms with Crippen LogP contribution in [0.25, 0.3) is 22.3 Å². The van der Waals surface area contributed by atoms with E-state index in [1.165, 1.54) is 92.1 Å². The third-order valence-corrected chi connectivity index (χ3v) is 11.9. The van der Waals surface area contributed by atoms with Gasteiger partial charge in [0.05, 0.1) is 7.11 Å². The minimum absolute atomic E-state index is 0.196. The first-order valence-corrected chi connectivity index (χ1v) is 15.5. The quantitative estimate of drug-likeness (QED) is 0.301. The van der Waals surface area contributed by atoms with Crippen molar-refractivity contribution >= 4 is 18.9 Å². The van der Waals surface area contributed by atoms with E-state index in [1.54, 1.807) is 12.4 Å². The molecule has 2 fully saturated rings. The van der Waals surface area contributed by atoms with Gasteiger partial charge in [-0.1, -0.05) is 95.0 Å². The predicted octanol–water partition coefficient (Wildman–Crippen LogP) is 8.87. The molecule has 0 bridgehead atoms. The summed E-state index contributed by atoms with van der Waals surface area (Å²) >= 11 is 0. The highest BCUT2D eigenvalue weighted by atomic mass is 31.1. The van der Waals surface area contributed by atoms with Crippen LogP contribution in [0.1, 0.15) is 64.2 Å². The van der Waals surface area contributed by atoms with Gasteiger partial charge < -0.3 is 9.64 Å². The zero-order chi connectivity index (χ0) is 24.9. The number of rotatable bonds is 7. The molecule has 0 aromatic heterocycles. The van der Waals surface area contributed by atoms with Gasteiger partial charge in [0, 0.05) is 25.3 Å². The molecule has 0 atom stereocenters. The fraction of sp³-hybridized carbons (Fsp3) is 0.455. The summed E-state index contributed by atoms with van der Waals surface area (Å²) in [5.41, 5.74) is 8.50. The minimum atomic E-state index is -0.196. The van der Waals surface area contributed by atoms with Gasteiger partial charge in [-0.25, -0.2) is 0 Å². The molecule has 5 rings (SSSR count). The lowest BCUT2D eigenvalue weighted by Crippen LogP contribution is -2.27. The molecular weight excluding hydrogens is 457 g/mol. The zero-order valence-electron chi connectivity index (χ0n) is 22.4. The molecule has 0 amide bonds. The molecule has 0 heterocycles. The number of anilines is 1. The minimum Gasteiger partial charge on any atom is -0.497 e. The molecule has 2 aliphatic carbocycles. The Kier molecular flexibility index (Phi) is 8.32. The van der Waals surface area contributed by atoms with Crippen LogP contribution in [0.3, 0.4) is 0 Å². The summed E-state index contributed by atoms with van der Waals surface area (Å²) in [6.45, 7) is 0. The molecule has 0 N–H and O–H groups in total. The lowest BCUT2D eigenvalue weighted by atomic mass is 9.92. The highest BCUT2D eigenvalue weighted by Crippen LogP contribution is 2.57. The van der Waals surface area contributed by atoms with Crippen LogP contribution in [-0.4, -0.2) is 32.5 Å². The Morgan fingerprint density at radius 3 is 1.83 bits per heavy atom. The Labute approximate surface area is 219 Å². The van der Waals surface area contributed by atoms with Crippen LogP contribution < -0.4 is 14.9 Å². The van der Waals surface area contributed by atoms with Crippen molar-refractivity contribution in [1.29, 1.82) is 0 Å². The van der Waals surface area contributed by atoms with Crippen molar-refractivity contribution in [2.75, 3.05) is 26.1 Å². The first-order valence-electron chi connectivity index (χ1n) is 14.0. The standard InChI is InChI=1S/C33H42NOP/c1-34(2)31-19-12-18-29(25-21-23-26(35-3)24-22-25)33(31)30-17-10-11-20-32(30)36(27-13-6-4-7-14-27)28-15-8-5-9-16-28/h10-12,17-24,27-28H,4-9,13-16H2,1-3H3. The average molecular weight is 500 g/mol. The van der Waals surface area contributed by atoms with Crippen LogP contribution in [0.2, 0.25) is 0 Å². The van der Waals surface area contributed by atoms with E-state index >= 15 is 0 Å². The second-order valence-corrected chi connectivity index (χ2v) is 13.6. The number of ether oxygens (including phenoxy) is 1. The van der Waals surface area contributed by atoms with Gasteiger partial charge in [0.1, 0.15) is 5.75 Å². The van der Waals surface area contributed by atoms with E-state index in [1.807, 2.05) is 0 Å². The van der Waals surface area contributed by atoms with Crippen molar-refractivity contribution in [1.82, 2.24) is 0 Å². The van der Waals surface area contributed by atoms with E-state index in [-0.39, 0.29) is 7.92 Å². The molecule has 2 nitrogen and oxygen atoms in total. The van der Waals surface area contributed by atoms with Gasteiger partial charge in [-0.3, -0.25) is 0 Å². The molecule has 0 radical (unpaired) electrons. The van der Waals surface area contributed by atoms with Crippen molar-refractivity contribution in [2.45, 2.75) is 75.5 Å². The molecule has 0 saturated heterocycles. The Hall–Kier alpha value is -2.31. The number of hydrogen-bond acceptors (Lipinski definition) is 2. The molecule has 190 valence electrons. The third kappa shape index (κ3) is 5.35. The summed E-state index contributed by atoms with van der Waals surface area (Å²) in [6.07, 6.45) is 14.2. The van der Waals surface area contributed by atoms with Crippen molar-refractivity contribution in [3.05, 3.63) is 66.7 Å². The summed E-state index contributed by atoms with van der Waals surface area (Å²) in [4.78, 5) is 2.29. The van der Waals surface area contributed by atoms with Crippen LogP contribution in [-0.2, 0) is 0 Å². The fourth-order valence-corrected chi connectivity index (χ4v) is 10.5. The van der Waals surface area contributed by atoms with E-state index in [0.29, 0.717) is 0 Å². The van der Waals surface area contributed by atoms with Crippen LogP contribution in [0, 0.1) is 0 Å². The van der Waals surface area contributed by atoms with Crippen molar-refractivity contribution in [3.63, 3.8) is 0 Å². The average Bonchev–Trinajstić information content (AvgIpc) is 2.94. The van der Waals surface area contributed by atoms with Crippen LogP contribution in [0.5, 0.6) is 5.75 Å². The first-order chi connectivity index (χ1) is 17.7. The second kappa shape index (κ2) is 11.8. The normalized spacial score (nSPS) is 17.3. The van der Waals surface area contributed by atoms with Crippen LogP contribution >= 0.6 is 7.92 Å². The van der Waals surface area contributed by atoms with Gasteiger partial charge in [0.25, 0.3) is 0 Å². The van der Waals surface area contributed by atoms with Gasteiger partial charge in [0.15, 0.2) is 0 Å². The fourth-order valence-electron chi connectivity index (χ4n) is 6.53. The topological polar surface area (TPSA) is 12.5 Å². The number of methoxy groups -OCH3 is 1. The Morgan fingerprint density at radius 2 is 1.25 bits per heavy atom. The molecule has 2 saturated carbocycles. The molecular formula is C33H42NOP. The van der Waals surface area contributed by atoms with Crippen molar-refractivity contribution < 1.29 is 4.74 Å². The molecule has 3 aromatic carbocycles. The molecule has 36 heavy (non-hydrogen) atoms. The van der Waals surface area contributed by atoms with Gasteiger partial charge in [-0.2, -0.15) is 0 Å². The second-order valence-electron chi connectivity index (χ2n) is 10.8. The summed E-state index contributed by atoms with van der Waals surface area (Å²) in [5.74, 6) is 0.905. The van der Waals surface area contributed by atoms with Crippen LogP contribution in [0.15, 0.2) is 66.7 Å². The molecule has 3 aromatic rings. The van der Waals surface area contributed by atoms with Gasteiger partial charge >= 0.3 is 0 Å². The number of benzene rings is 3. The lowest BCUT2D eigenvalue weighted by Gasteiger charge is -2.40. The highest BCUT2D eigenvalue weighted by molar-refractivity contribution is 7.67. The zero-order valence-corrected chi connectivity index (χ0v) is 23.3. The lowest BCUT2D eigenvalue weighted by molar-refractivity contribution is 0.415. The number of hydrogen-bond donors (Lipinski definition) is 0. The largest absolute Gasteiger partial charge is 0.497 e. The smallest absolute Gasteiger partial charge is 0.118 e. The van der Waals surface area contributed by atoms with E-state index in [2.05, 4.69) is 85.7 Å². The van der Waals surface area contributed by atoms with Gasteiger partial charge in [-0.15, -0.1) is 0 Å². The maximum absolute atomic E-state index is 5.46. The van der Waals surface area contributed by atoms with Crippen LogP contribution in [0.4, 0.5) is 5.69 Å². The van der Waals surface area contributed by atoms with Crippen molar-refractivity contribution in [3.8, 4) is 28.0 Å². The summed E-state index contributed by atoms with van der Waals surface area (Å²) < 4.78 is 5.46. The Morgan fingerprint density at radius 1 is 0.667 bits per heavy atom. The maximum Gasteiger partial charge on any atom is 0.118 e. The van der Waals surface area contributed by atoms with E-state index in [4.69, 9.17) is 4.74 Å². The molecule has 0 spiro atoms. The van der Waals surface area contributed by atoms with Gasteiger partial charge in [0.2, 0.25) is 0 Å². The van der Waals surface area contributed by atoms with Crippen molar-refractivity contribution in [2.24, 2.45) is 0 Å².